The molecule has 0 radical (unpaired) electrons. The van der Waals surface area contributed by atoms with Gasteiger partial charge < -0.3 is 19.5 Å². The van der Waals surface area contributed by atoms with Gasteiger partial charge in [-0.05, 0) is 54.4 Å². The van der Waals surface area contributed by atoms with Gasteiger partial charge in [-0.3, -0.25) is 9.52 Å². The average Bonchev–Trinajstić information content (AvgIpc) is 2.82. The molecule has 180 valence electrons. The van der Waals surface area contributed by atoms with Gasteiger partial charge in [-0.25, -0.2) is 8.42 Å². The number of hydrogen-bond donors (Lipinski definition) is 2. The number of carbonyl (C=O) groups is 1. The number of nitrogens with one attached hydrogen (secondary N) is 2. The monoisotopic (exact) mass is 486 g/mol. The molecule has 0 fully saturated rings. The van der Waals surface area contributed by atoms with Crippen LogP contribution in [-0.4, -0.2) is 45.1 Å². The van der Waals surface area contributed by atoms with Gasteiger partial charge in [0.2, 0.25) is 5.88 Å². The zero-order valence-electron chi connectivity index (χ0n) is 19.2. The van der Waals surface area contributed by atoms with E-state index in [0.717, 1.165) is 0 Å². The van der Waals surface area contributed by atoms with Crippen molar-refractivity contribution in [3.8, 4) is 17.6 Å². The van der Waals surface area contributed by atoms with E-state index in [1.807, 2.05) is 0 Å². The molecule has 0 saturated heterocycles. The Balaban J connectivity index is 1.66. The van der Waals surface area contributed by atoms with Crippen LogP contribution >= 0.6 is 0 Å². The number of carbonyl (C=O) groups excluding carboxylic acids is 1. The van der Waals surface area contributed by atoms with E-state index in [2.05, 4.69) is 33.9 Å². The molecule has 3 aromatic rings. The summed E-state index contributed by atoms with van der Waals surface area (Å²) in [6, 6.07) is 13.8. The SMILES string of the molecule is COc1cc(NS(=O)(=O)c2ccc(NC(=O)c3ccc(OCC(C)C)cc3)cc2)nc(OC)n1. The number of ether oxygens (including phenoxy) is 3. The van der Waals surface area contributed by atoms with Gasteiger partial charge in [-0.15, -0.1) is 0 Å². The summed E-state index contributed by atoms with van der Waals surface area (Å²) in [7, 11) is -1.21. The molecule has 0 bridgehead atoms. The second-order valence-electron chi connectivity index (χ2n) is 7.60. The molecule has 0 aliphatic rings. The molecule has 34 heavy (non-hydrogen) atoms. The van der Waals surface area contributed by atoms with Crippen LogP contribution in [0.25, 0.3) is 0 Å². The quantitative estimate of drug-likeness (QED) is 0.445. The van der Waals surface area contributed by atoms with Gasteiger partial charge in [0, 0.05) is 17.3 Å². The van der Waals surface area contributed by atoms with Crippen LogP contribution in [0.4, 0.5) is 11.5 Å². The first-order valence-corrected chi connectivity index (χ1v) is 11.8. The Morgan fingerprint density at radius 2 is 1.65 bits per heavy atom. The number of rotatable bonds is 10. The number of methoxy groups -OCH3 is 2. The molecule has 0 aliphatic heterocycles. The Hall–Kier alpha value is -3.86. The lowest BCUT2D eigenvalue weighted by molar-refractivity contribution is 0.102. The van der Waals surface area contributed by atoms with Gasteiger partial charge in [0.05, 0.1) is 25.7 Å². The van der Waals surface area contributed by atoms with E-state index < -0.39 is 10.0 Å². The molecule has 10 nitrogen and oxygen atoms in total. The first-order valence-electron chi connectivity index (χ1n) is 10.3. The number of aromatic nitrogens is 2. The molecule has 11 heteroatoms. The Kier molecular flexibility index (Phi) is 7.90. The first-order chi connectivity index (χ1) is 16.2. The van der Waals surface area contributed by atoms with E-state index in [9.17, 15) is 13.2 Å². The summed E-state index contributed by atoms with van der Waals surface area (Å²) in [5.74, 6) is 0.885. The lowest BCUT2D eigenvalue weighted by Crippen LogP contribution is -2.15. The van der Waals surface area contributed by atoms with Crippen LogP contribution < -0.4 is 24.2 Å². The fraction of sp³-hybridized carbons (Fsp3) is 0.261. The third-order valence-corrected chi connectivity index (χ3v) is 5.81. The number of nitrogens with zero attached hydrogens (tertiary/aromatic N) is 2. The summed E-state index contributed by atoms with van der Waals surface area (Å²) in [6.07, 6.45) is 0. The number of sulfonamides is 1. The number of amides is 1. The summed E-state index contributed by atoms with van der Waals surface area (Å²) in [5.41, 5.74) is 0.886. The lowest BCUT2D eigenvalue weighted by Gasteiger charge is -2.11. The zero-order valence-corrected chi connectivity index (χ0v) is 20.0. The highest BCUT2D eigenvalue weighted by Gasteiger charge is 2.17. The Morgan fingerprint density at radius 1 is 0.971 bits per heavy atom. The van der Waals surface area contributed by atoms with Crippen LogP contribution in [0.1, 0.15) is 24.2 Å². The summed E-state index contributed by atoms with van der Waals surface area (Å²) < 4.78 is 43.4. The van der Waals surface area contributed by atoms with Crippen molar-refractivity contribution < 1.29 is 27.4 Å². The van der Waals surface area contributed by atoms with Crippen LogP contribution in [0, 0.1) is 5.92 Å². The highest BCUT2D eigenvalue weighted by Crippen LogP contribution is 2.22. The van der Waals surface area contributed by atoms with E-state index in [1.54, 1.807) is 24.3 Å². The average molecular weight is 487 g/mol. The summed E-state index contributed by atoms with van der Waals surface area (Å²) >= 11 is 0. The molecule has 1 aromatic heterocycles. The zero-order chi connectivity index (χ0) is 24.7. The van der Waals surface area contributed by atoms with E-state index in [0.29, 0.717) is 29.5 Å². The molecule has 0 atom stereocenters. The first kappa shape index (κ1) is 24.8. The largest absolute Gasteiger partial charge is 0.493 e. The van der Waals surface area contributed by atoms with E-state index in [-0.39, 0.29) is 28.5 Å². The van der Waals surface area contributed by atoms with Crippen molar-refractivity contribution in [2.24, 2.45) is 5.92 Å². The van der Waals surface area contributed by atoms with Crippen molar-refractivity contribution in [2.45, 2.75) is 18.7 Å². The minimum Gasteiger partial charge on any atom is -0.493 e. The molecular formula is C23H26N4O6S. The van der Waals surface area contributed by atoms with Crippen molar-refractivity contribution in [3.05, 3.63) is 60.2 Å². The van der Waals surface area contributed by atoms with E-state index in [1.165, 1.54) is 44.6 Å². The van der Waals surface area contributed by atoms with Gasteiger partial charge in [-0.2, -0.15) is 9.97 Å². The number of anilines is 2. The maximum Gasteiger partial charge on any atom is 0.321 e. The molecule has 0 aliphatic carbocycles. The second kappa shape index (κ2) is 10.8. The molecule has 0 spiro atoms. The molecule has 3 rings (SSSR count). The molecule has 0 unspecified atom stereocenters. The molecule has 2 N–H and O–H groups in total. The number of benzene rings is 2. The van der Waals surface area contributed by atoms with Crippen LogP contribution in [-0.2, 0) is 10.0 Å². The predicted molar refractivity (Wildman–Crippen MR) is 127 cm³/mol. The van der Waals surface area contributed by atoms with Gasteiger partial charge in [0.15, 0.2) is 5.82 Å². The Morgan fingerprint density at radius 3 is 2.24 bits per heavy atom. The summed E-state index contributed by atoms with van der Waals surface area (Å²) in [6.45, 7) is 4.70. The topological polar surface area (TPSA) is 129 Å². The van der Waals surface area contributed by atoms with Crippen LogP contribution in [0.5, 0.6) is 17.6 Å². The molecule has 0 saturated carbocycles. The van der Waals surface area contributed by atoms with Crippen LogP contribution in [0.2, 0.25) is 0 Å². The highest BCUT2D eigenvalue weighted by atomic mass is 32.2. The van der Waals surface area contributed by atoms with Gasteiger partial charge >= 0.3 is 6.01 Å². The van der Waals surface area contributed by atoms with Crippen LogP contribution in [0.15, 0.2) is 59.5 Å². The van der Waals surface area contributed by atoms with Crippen molar-refractivity contribution in [1.82, 2.24) is 9.97 Å². The van der Waals surface area contributed by atoms with E-state index >= 15 is 0 Å². The van der Waals surface area contributed by atoms with Gasteiger partial charge in [0.1, 0.15) is 5.75 Å². The minimum absolute atomic E-state index is 0.0121. The van der Waals surface area contributed by atoms with E-state index in [4.69, 9.17) is 14.2 Å². The normalized spacial score (nSPS) is 11.1. The molecular weight excluding hydrogens is 460 g/mol. The fourth-order valence-corrected chi connectivity index (χ4v) is 3.73. The summed E-state index contributed by atoms with van der Waals surface area (Å²) in [4.78, 5) is 20.4. The van der Waals surface area contributed by atoms with Crippen molar-refractivity contribution >= 4 is 27.4 Å². The lowest BCUT2D eigenvalue weighted by atomic mass is 10.2. The minimum atomic E-state index is -3.96. The van der Waals surface area contributed by atoms with Crippen molar-refractivity contribution in [2.75, 3.05) is 30.9 Å². The highest BCUT2D eigenvalue weighted by molar-refractivity contribution is 7.92. The summed E-state index contributed by atoms with van der Waals surface area (Å²) in [5, 5.41) is 2.74. The fourth-order valence-electron chi connectivity index (χ4n) is 2.73. The standard InChI is InChI=1S/C23H26N4O6S/c1-15(2)14-33-18-9-5-16(6-10-18)22(28)24-17-7-11-19(12-8-17)34(29,30)27-20-13-21(31-3)26-23(25-20)32-4/h5-13,15H,14H2,1-4H3,(H,24,28)(H,25,26,27). The van der Waals surface area contributed by atoms with Crippen molar-refractivity contribution in [3.63, 3.8) is 0 Å². The second-order valence-corrected chi connectivity index (χ2v) is 9.28. The molecule has 2 aromatic carbocycles. The Labute approximate surface area is 198 Å². The third-order valence-electron chi connectivity index (χ3n) is 4.44. The molecule has 1 heterocycles. The predicted octanol–water partition coefficient (Wildman–Crippen LogP) is 3.58. The maximum absolute atomic E-state index is 12.7. The van der Waals surface area contributed by atoms with Crippen LogP contribution in [0.3, 0.4) is 0 Å². The molecule has 1 amide bonds. The van der Waals surface area contributed by atoms with Gasteiger partial charge in [0.25, 0.3) is 15.9 Å². The Bertz CT molecular complexity index is 1210. The third kappa shape index (κ3) is 6.58. The smallest absolute Gasteiger partial charge is 0.321 e. The van der Waals surface area contributed by atoms with Gasteiger partial charge in [-0.1, -0.05) is 13.8 Å². The maximum atomic E-state index is 12.7. The number of hydrogen-bond acceptors (Lipinski definition) is 8. The van der Waals surface area contributed by atoms with Crippen molar-refractivity contribution in [1.29, 1.82) is 0 Å².